The number of halogens is 1. The smallest absolute Gasteiger partial charge is 0.239 e. The fraction of sp³-hybridized carbons (Fsp3) is 0.0909. The molecule has 0 bridgehead atoms. The van der Waals surface area contributed by atoms with Crippen molar-refractivity contribution in [3.63, 3.8) is 0 Å². The van der Waals surface area contributed by atoms with Gasteiger partial charge in [-0.15, -0.1) is 11.8 Å². The van der Waals surface area contributed by atoms with Crippen LogP contribution in [0.1, 0.15) is 0 Å². The molecular weight excluding hydrogens is 270 g/mol. The first kappa shape index (κ1) is 12.9. The normalized spacial score (nSPS) is 10.2. The van der Waals surface area contributed by atoms with Crippen molar-refractivity contribution in [1.82, 2.24) is 9.97 Å². The van der Waals surface area contributed by atoms with Crippen LogP contribution in [0.5, 0.6) is 0 Å². The Bertz CT molecular complexity index is 549. The predicted octanol–water partition coefficient (Wildman–Crippen LogP) is 2.88. The van der Waals surface area contributed by atoms with Crippen LogP contribution < -0.4 is 16.6 Å². The van der Waals surface area contributed by atoms with Crippen molar-refractivity contribution >= 4 is 40.8 Å². The van der Waals surface area contributed by atoms with E-state index < -0.39 is 0 Å². The summed E-state index contributed by atoms with van der Waals surface area (Å²) in [6.45, 7) is 0. The van der Waals surface area contributed by atoms with Crippen molar-refractivity contribution in [2.75, 3.05) is 17.0 Å². The number of nitrogens with two attached hydrogens (primary N) is 1. The zero-order valence-electron chi connectivity index (χ0n) is 9.64. The minimum atomic E-state index is 0.309. The number of hydrogen-bond acceptors (Lipinski definition) is 6. The van der Waals surface area contributed by atoms with Crippen LogP contribution in [-0.2, 0) is 0 Å². The summed E-state index contributed by atoms with van der Waals surface area (Å²) in [7, 11) is 0. The zero-order valence-corrected chi connectivity index (χ0v) is 11.2. The molecule has 1 aromatic heterocycles. The molecule has 0 radical (unpaired) electrons. The summed E-state index contributed by atoms with van der Waals surface area (Å²) in [6.07, 6.45) is 3.50. The largest absolute Gasteiger partial charge is 0.338 e. The van der Waals surface area contributed by atoms with Gasteiger partial charge < -0.3 is 5.32 Å². The van der Waals surface area contributed by atoms with Crippen LogP contribution in [-0.4, -0.2) is 16.2 Å². The maximum atomic E-state index is 6.04. The molecule has 0 aliphatic rings. The molecule has 2 rings (SSSR count). The van der Waals surface area contributed by atoms with E-state index >= 15 is 0 Å². The molecule has 5 nitrogen and oxygen atoms in total. The quantitative estimate of drug-likeness (QED) is 0.454. The predicted molar refractivity (Wildman–Crippen MR) is 76.4 cm³/mol. The number of nitrogen functional groups attached to an aromatic ring is 1. The number of hydrazine groups is 1. The van der Waals surface area contributed by atoms with E-state index in [4.69, 9.17) is 17.4 Å². The molecule has 1 aromatic carbocycles. The summed E-state index contributed by atoms with van der Waals surface area (Å²) in [5, 5.41) is 3.60. The van der Waals surface area contributed by atoms with E-state index in [1.165, 1.54) is 6.20 Å². The molecule has 18 heavy (non-hydrogen) atoms. The summed E-state index contributed by atoms with van der Waals surface area (Å²) in [5.74, 6) is 6.09. The Labute approximate surface area is 114 Å². The SMILES string of the molecule is CSc1ccccc1Nc1nc(NN)ncc1Cl. The lowest BCUT2D eigenvalue weighted by atomic mass is 10.3. The van der Waals surface area contributed by atoms with Crippen LogP contribution in [0.15, 0.2) is 35.4 Å². The molecule has 0 saturated heterocycles. The van der Waals surface area contributed by atoms with Gasteiger partial charge in [0.25, 0.3) is 0 Å². The highest BCUT2D eigenvalue weighted by molar-refractivity contribution is 7.98. The van der Waals surface area contributed by atoms with Gasteiger partial charge in [0.15, 0.2) is 5.82 Å². The molecule has 0 spiro atoms. The van der Waals surface area contributed by atoms with Gasteiger partial charge in [-0.25, -0.2) is 10.8 Å². The highest BCUT2D eigenvalue weighted by atomic mass is 35.5. The first-order chi connectivity index (χ1) is 8.74. The van der Waals surface area contributed by atoms with Crippen molar-refractivity contribution in [2.24, 2.45) is 5.84 Å². The molecule has 0 atom stereocenters. The van der Waals surface area contributed by atoms with Crippen molar-refractivity contribution in [2.45, 2.75) is 4.90 Å². The molecular formula is C11H12ClN5S. The number of benzene rings is 1. The topological polar surface area (TPSA) is 75.9 Å². The van der Waals surface area contributed by atoms with Crippen molar-refractivity contribution < 1.29 is 0 Å². The van der Waals surface area contributed by atoms with Crippen LogP contribution in [0.25, 0.3) is 0 Å². The number of nitrogens with zero attached hydrogens (tertiary/aromatic N) is 2. The number of thioether (sulfide) groups is 1. The Morgan fingerprint density at radius 3 is 2.83 bits per heavy atom. The first-order valence-electron chi connectivity index (χ1n) is 5.14. The number of rotatable bonds is 4. The Morgan fingerprint density at radius 1 is 1.33 bits per heavy atom. The molecule has 4 N–H and O–H groups in total. The van der Waals surface area contributed by atoms with Gasteiger partial charge >= 0.3 is 0 Å². The number of nitrogens with one attached hydrogen (secondary N) is 2. The van der Waals surface area contributed by atoms with E-state index in [1.807, 2.05) is 30.5 Å². The van der Waals surface area contributed by atoms with Gasteiger partial charge in [-0.1, -0.05) is 23.7 Å². The average Bonchev–Trinajstić information content (AvgIpc) is 2.42. The van der Waals surface area contributed by atoms with Crippen molar-refractivity contribution in [3.8, 4) is 0 Å². The third kappa shape index (κ3) is 2.84. The molecule has 0 amide bonds. The number of para-hydroxylation sites is 1. The summed E-state index contributed by atoms with van der Waals surface area (Å²) < 4.78 is 0. The summed E-state index contributed by atoms with van der Waals surface area (Å²) in [5.41, 5.74) is 3.32. The Hall–Kier alpha value is -1.50. The molecule has 0 unspecified atom stereocenters. The van der Waals surface area contributed by atoms with Gasteiger partial charge in [-0.2, -0.15) is 4.98 Å². The molecule has 94 valence electrons. The third-order valence-electron chi connectivity index (χ3n) is 2.23. The van der Waals surface area contributed by atoms with Crippen LogP contribution in [0.3, 0.4) is 0 Å². The lowest BCUT2D eigenvalue weighted by Gasteiger charge is -2.11. The van der Waals surface area contributed by atoms with Gasteiger partial charge in [0, 0.05) is 4.90 Å². The lowest BCUT2D eigenvalue weighted by Crippen LogP contribution is -2.11. The van der Waals surface area contributed by atoms with E-state index in [0.717, 1.165) is 10.6 Å². The van der Waals surface area contributed by atoms with Gasteiger partial charge in [0.1, 0.15) is 5.02 Å². The molecule has 0 aliphatic carbocycles. The Kier molecular flexibility index (Phi) is 4.24. The van der Waals surface area contributed by atoms with Crippen molar-refractivity contribution in [3.05, 3.63) is 35.5 Å². The molecule has 1 heterocycles. The minimum Gasteiger partial charge on any atom is -0.338 e. The molecule has 0 fully saturated rings. The molecule has 0 saturated carbocycles. The van der Waals surface area contributed by atoms with Crippen LogP contribution >= 0.6 is 23.4 Å². The highest BCUT2D eigenvalue weighted by Gasteiger charge is 2.07. The van der Waals surface area contributed by atoms with E-state index in [-0.39, 0.29) is 0 Å². The molecule has 0 aliphatic heterocycles. The summed E-state index contributed by atoms with van der Waals surface area (Å²) in [4.78, 5) is 9.19. The average molecular weight is 282 g/mol. The van der Waals surface area contributed by atoms with Gasteiger partial charge in [0.05, 0.1) is 11.9 Å². The Morgan fingerprint density at radius 2 is 2.11 bits per heavy atom. The second kappa shape index (κ2) is 5.90. The van der Waals surface area contributed by atoms with Gasteiger partial charge in [-0.05, 0) is 18.4 Å². The van der Waals surface area contributed by atoms with Gasteiger partial charge in [0.2, 0.25) is 5.95 Å². The second-order valence-corrected chi connectivity index (χ2v) is 4.62. The van der Waals surface area contributed by atoms with Gasteiger partial charge in [-0.3, -0.25) is 5.43 Å². The highest BCUT2D eigenvalue weighted by Crippen LogP contribution is 2.29. The number of aromatic nitrogens is 2. The lowest BCUT2D eigenvalue weighted by molar-refractivity contribution is 1.12. The fourth-order valence-electron chi connectivity index (χ4n) is 1.40. The minimum absolute atomic E-state index is 0.309. The van der Waals surface area contributed by atoms with Crippen molar-refractivity contribution in [1.29, 1.82) is 0 Å². The van der Waals surface area contributed by atoms with Crippen LogP contribution in [0.4, 0.5) is 17.5 Å². The monoisotopic (exact) mass is 281 g/mol. The number of hydrogen-bond donors (Lipinski definition) is 3. The number of anilines is 3. The van der Waals surface area contributed by atoms with E-state index in [9.17, 15) is 0 Å². The maximum Gasteiger partial charge on any atom is 0.239 e. The second-order valence-electron chi connectivity index (χ2n) is 3.36. The van der Waals surface area contributed by atoms with E-state index in [0.29, 0.717) is 16.8 Å². The van der Waals surface area contributed by atoms with E-state index in [1.54, 1.807) is 11.8 Å². The molecule has 2 aromatic rings. The maximum absolute atomic E-state index is 6.04. The molecule has 7 heteroatoms. The summed E-state index contributed by atoms with van der Waals surface area (Å²) >= 11 is 7.68. The fourth-order valence-corrected chi connectivity index (χ4v) is 2.09. The third-order valence-corrected chi connectivity index (χ3v) is 3.31. The van der Waals surface area contributed by atoms with E-state index in [2.05, 4.69) is 20.7 Å². The zero-order chi connectivity index (χ0) is 13.0. The summed E-state index contributed by atoms with van der Waals surface area (Å²) in [6, 6.07) is 7.90. The first-order valence-corrected chi connectivity index (χ1v) is 6.74. The Balaban J connectivity index is 2.33. The van der Waals surface area contributed by atoms with Crippen LogP contribution in [0.2, 0.25) is 5.02 Å². The van der Waals surface area contributed by atoms with Crippen LogP contribution in [0, 0.1) is 0 Å². The standard InChI is InChI=1S/C11H12ClN5S/c1-18-9-5-3-2-4-8(9)15-10-7(12)6-14-11(16-10)17-13/h2-6H,13H2,1H3,(H2,14,15,16,17).